The lowest BCUT2D eigenvalue weighted by Crippen LogP contribution is -2.10. The Labute approximate surface area is 110 Å². The Balaban J connectivity index is 2.71. The molecule has 0 unspecified atom stereocenters. The first-order chi connectivity index (χ1) is 8.79. The summed E-state index contributed by atoms with van der Waals surface area (Å²) in [6.07, 6.45) is 1.20. The topological polar surface area (TPSA) is 60.4 Å². The van der Waals surface area contributed by atoms with E-state index in [2.05, 4.69) is 4.74 Å². The van der Waals surface area contributed by atoms with Gasteiger partial charge in [0.1, 0.15) is 15.6 Å². The molecule has 0 saturated carbocycles. The molecule has 1 aromatic carbocycles. The van der Waals surface area contributed by atoms with E-state index in [0.29, 0.717) is 0 Å². The van der Waals surface area contributed by atoms with Crippen molar-refractivity contribution >= 4 is 15.6 Å². The van der Waals surface area contributed by atoms with Crippen LogP contribution in [0, 0.1) is 0 Å². The monoisotopic (exact) mass is 292 g/mol. The molecule has 0 spiro atoms. The largest absolute Gasteiger partial charge is 0.434 e. The summed E-state index contributed by atoms with van der Waals surface area (Å²) in [5.41, 5.74) is 0.0382. The summed E-state index contributed by atoms with van der Waals surface area (Å²) < 4.78 is 50.4. The van der Waals surface area contributed by atoms with Crippen LogP contribution in [0.3, 0.4) is 0 Å². The molecule has 0 aliphatic heterocycles. The fraction of sp³-hybridized carbons (Fsp3) is 0.417. The van der Waals surface area contributed by atoms with Crippen LogP contribution in [0.2, 0.25) is 0 Å². The van der Waals surface area contributed by atoms with Crippen molar-refractivity contribution in [2.45, 2.75) is 19.5 Å². The lowest BCUT2D eigenvalue weighted by Gasteiger charge is -2.09. The first kappa shape index (κ1) is 15.6. The van der Waals surface area contributed by atoms with E-state index in [4.69, 9.17) is 0 Å². The second-order valence-corrected chi connectivity index (χ2v) is 6.29. The molecule has 0 N–H and O–H groups in total. The van der Waals surface area contributed by atoms with Crippen molar-refractivity contribution in [1.29, 1.82) is 0 Å². The molecule has 7 heteroatoms. The maximum Gasteiger partial charge on any atom is 0.387 e. The number of hydrogen-bond acceptors (Lipinski definition) is 4. The lowest BCUT2D eigenvalue weighted by atomic mass is 10.1. The normalized spacial score (nSPS) is 11.6. The summed E-state index contributed by atoms with van der Waals surface area (Å²) in [6, 6.07) is 5.66. The van der Waals surface area contributed by atoms with E-state index in [1.165, 1.54) is 24.3 Å². The van der Waals surface area contributed by atoms with E-state index in [-0.39, 0.29) is 29.9 Å². The Kier molecular flexibility index (Phi) is 5.41. The van der Waals surface area contributed by atoms with Crippen LogP contribution in [0.1, 0.15) is 23.2 Å². The molecule has 0 aliphatic rings. The van der Waals surface area contributed by atoms with Gasteiger partial charge in [0.25, 0.3) is 0 Å². The summed E-state index contributed by atoms with van der Waals surface area (Å²) in [7, 11) is -3.13. The van der Waals surface area contributed by atoms with Gasteiger partial charge in [-0.15, -0.1) is 0 Å². The highest BCUT2D eigenvalue weighted by Gasteiger charge is 2.15. The van der Waals surface area contributed by atoms with Crippen molar-refractivity contribution in [2.24, 2.45) is 0 Å². The van der Waals surface area contributed by atoms with E-state index in [9.17, 15) is 22.0 Å². The average molecular weight is 292 g/mol. The third-order valence-electron chi connectivity index (χ3n) is 2.32. The number of ketones is 1. The van der Waals surface area contributed by atoms with Gasteiger partial charge in [-0.05, 0) is 18.6 Å². The molecule has 19 heavy (non-hydrogen) atoms. The number of para-hydroxylation sites is 1. The second-order valence-electron chi connectivity index (χ2n) is 4.03. The van der Waals surface area contributed by atoms with Crippen LogP contribution in [-0.2, 0) is 9.84 Å². The van der Waals surface area contributed by atoms with Crippen LogP contribution in [-0.4, -0.2) is 32.8 Å². The van der Waals surface area contributed by atoms with Crippen molar-refractivity contribution < 1.29 is 26.7 Å². The number of rotatable bonds is 7. The zero-order valence-corrected chi connectivity index (χ0v) is 11.1. The summed E-state index contributed by atoms with van der Waals surface area (Å²) >= 11 is 0. The highest BCUT2D eigenvalue weighted by Crippen LogP contribution is 2.22. The predicted octanol–water partition coefficient (Wildman–Crippen LogP) is 2.30. The maximum absolute atomic E-state index is 12.2. The van der Waals surface area contributed by atoms with E-state index in [0.717, 1.165) is 6.26 Å². The van der Waals surface area contributed by atoms with Crippen molar-refractivity contribution in [1.82, 2.24) is 0 Å². The first-order valence-electron chi connectivity index (χ1n) is 5.54. The fourth-order valence-electron chi connectivity index (χ4n) is 1.53. The smallest absolute Gasteiger partial charge is 0.387 e. The standard InChI is InChI=1S/C12H14F2O4S/c1-19(16,17)8-4-6-10(15)9-5-2-3-7-11(9)18-12(13)14/h2-3,5,7,12H,4,6,8H2,1H3. The molecule has 1 aromatic rings. The molecule has 0 aromatic heterocycles. The molecular formula is C12H14F2O4S. The van der Waals surface area contributed by atoms with Crippen molar-refractivity contribution in [3.05, 3.63) is 29.8 Å². The first-order valence-corrected chi connectivity index (χ1v) is 7.60. The van der Waals surface area contributed by atoms with E-state index in [1.807, 2.05) is 0 Å². The third-order valence-corrected chi connectivity index (χ3v) is 3.35. The molecular weight excluding hydrogens is 278 g/mol. The van der Waals surface area contributed by atoms with Crippen LogP contribution in [0.15, 0.2) is 24.3 Å². The molecule has 0 radical (unpaired) electrons. The molecule has 0 saturated heterocycles. The summed E-state index contributed by atoms with van der Waals surface area (Å²) in [6.45, 7) is -3.01. The van der Waals surface area contributed by atoms with Gasteiger partial charge in [-0.3, -0.25) is 4.79 Å². The van der Waals surface area contributed by atoms with E-state index >= 15 is 0 Å². The van der Waals surface area contributed by atoms with Crippen molar-refractivity contribution in [2.75, 3.05) is 12.0 Å². The minimum atomic E-state index is -3.13. The molecule has 0 heterocycles. The van der Waals surface area contributed by atoms with Crippen LogP contribution < -0.4 is 4.74 Å². The maximum atomic E-state index is 12.2. The predicted molar refractivity (Wildman–Crippen MR) is 66.3 cm³/mol. The zero-order valence-electron chi connectivity index (χ0n) is 10.3. The SMILES string of the molecule is CS(=O)(=O)CCCC(=O)c1ccccc1OC(F)F. The number of ether oxygens (including phenoxy) is 1. The van der Waals surface area contributed by atoms with Gasteiger partial charge in [0.2, 0.25) is 0 Å². The van der Waals surface area contributed by atoms with Crippen LogP contribution in [0.5, 0.6) is 5.75 Å². The molecule has 0 amide bonds. The van der Waals surface area contributed by atoms with Crippen LogP contribution >= 0.6 is 0 Å². The van der Waals surface area contributed by atoms with Crippen LogP contribution in [0.4, 0.5) is 8.78 Å². The highest BCUT2D eigenvalue weighted by atomic mass is 32.2. The van der Waals surface area contributed by atoms with Crippen molar-refractivity contribution in [3.63, 3.8) is 0 Å². The average Bonchev–Trinajstić information content (AvgIpc) is 2.27. The van der Waals surface area contributed by atoms with E-state index in [1.54, 1.807) is 0 Å². The molecule has 106 valence electrons. The molecule has 4 nitrogen and oxygen atoms in total. The number of alkyl halides is 2. The van der Waals surface area contributed by atoms with Gasteiger partial charge >= 0.3 is 6.61 Å². The van der Waals surface area contributed by atoms with Gasteiger partial charge in [0, 0.05) is 12.7 Å². The Morgan fingerprint density at radius 2 is 1.95 bits per heavy atom. The summed E-state index contributed by atoms with van der Waals surface area (Å²) in [5.74, 6) is -0.724. The minimum Gasteiger partial charge on any atom is -0.434 e. The number of hydrogen-bond donors (Lipinski definition) is 0. The number of sulfone groups is 1. The van der Waals surface area contributed by atoms with Gasteiger partial charge in [0.15, 0.2) is 5.78 Å². The highest BCUT2D eigenvalue weighted by molar-refractivity contribution is 7.90. The molecule has 0 aliphatic carbocycles. The number of halogens is 2. The lowest BCUT2D eigenvalue weighted by molar-refractivity contribution is -0.0501. The Hall–Kier alpha value is -1.50. The molecule has 0 atom stereocenters. The Bertz CT molecular complexity index is 540. The van der Waals surface area contributed by atoms with Crippen LogP contribution in [0.25, 0.3) is 0 Å². The summed E-state index contributed by atoms with van der Waals surface area (Å²) in [5, 5.41) is 0. The molecule has 1 rings (SSSR count). The number of carbonyl (C=O) groups is 1. The molecule has 0 fully saturated rings. The number of benzene rings is 1. The van der Waals surface area contributed by atoms with Gasteiger partial charge in [-0.2, -0.15) is 8.78 Å². The summed E-state index contributed by atoms with van der Waals surface area (Å²) in [4.78, 5) is 11.8. The molecule has 0 bridgehead atoms. The third kappa shape index (κ3) is 5.78. The zero-order chi connectivity index (χ0) is 14.5. The number of Topliss-reactive ketones (excluding diaryl/α,β-unsaturated/α-hetero) is 1. The second kappa shape index (κ2) is 6.60. The minimum absolute atomic E-state index is 0.0311. The fourth-order valence-corrected chi connectivity index (χ4v) is 2.19. The van der Waals surface area contributed by atoms with Gasteiger partial charge < -0.3 is 4.74 Å². The Morgan fingerprint density at radius 1 is 1.32 bits per heavy atom. The van der Waals surface area contributed by atoms with Gasteiger partial charge in [0.05, 0.1) is 11.3 Å². The Morgan fingerprint density at radius 3 is 2.53 bits per heavy atom. The van der Waals surface area contributed by atoms with Gasteiger partial charge in [-0.25, -0.2) is 8.42 Å². The van der Waals surface area contributed by atoms with Gasteiger partial charge in [-0.1, -0.05) is 12.1 Å². The number of carbonyl (C=O) groups excluding carboxylic acids is 1. The quantitative estimate of drug-likeness (QED) is 0.723. The van der Waals surface area contributed by atoms with E-state index < -0.39 is 22.2 Å². The van der Waals surface area contributed by atoms with Crippen molar-refractivity contribution in [3.8, 4) is 5.75 Å².